The Morgan fingerprint density at radius 2 is 1.94 bits per heavy atom. The fraction of sp³-hybridized carbons (Fsp3) is 0.217. The second-order valence-corrected chi connectivity index (χ2v) is 8.90. The van der Waals surface area contributed by atoms with Gasteiger partial charge in [0.25, 0.3) is 0 Å². The van der Waals surface area contributed by atoms with Crippen LogP contribution in [0.2, 0.25) is 10.0 Å². The molecule has 10 heteroatoms. The Hall–Kier alpha value is -3.20. The van der Waals surface area contributed by atoms with E-state index in [-0.39, 0.29) is 26.9 Å². The minimum Gasteiger partial charge on any atom is -0.324 e. The zero-order valence-corrected chi connectivity index (χ0v) is 19.3. The van der Waals surface area contributed by atoms with Crippen LogP contribution in [0.15, 0.2) is 47.4 Å². The van der Waals surface area contributed by atoms with Crippen LogP contribution in [0.25, 0.3) is 16.7 Å². The average molecular weight is 482 g/mol. The van der Waals surface area contributed by atoms with E-state index in [2.05, 4.69) is 44.3 Å². The van der Waals surface area contributed by atoms with Crippen molar-refractivity contribution >= 4 is 45.9 Å². The zero-order valence-electron chi connectivity index (χ0n) is 17.8. The van der Waals surface area contributed by atoms with Crippen LogP contribution < -0.4 is 16.5 Å². The third-order valence-electron chi connectivity index (χ3n) is 5.75. The van der Waals surface area contributed by atoms with Crippen molar-refractivity contribution in [2.24, 2.45) is 0 Å². The lowest BCUT2D eigenvalue weighted by molar-refractivity contribution is 0.332. The Balaban J connectivity index is 1.53. The van der Waals surface area contributed by atoms with Gasteiger partial charge >= 0.3 is 5.69 Å². The third-order valence-corrected chi connectivity index (χ3v) is 6.36. The van der Waals surface area contributed by atoms with E-state index < -0.39 is 5.69 Å². The lowest BCUT2D eigenvalue weighted by atomic mass is 10.0. The summed E-state index contributed by atoms with van der Waals surface area (Å²) in [6.07, 6.45) is 3.71. The maximum Gasteiger partial charge on any atom is 0.333 e. The molecule has 0 amide bonds. The van der Waals surface area contributed by atoms with E-state index in [4.69, 9.17) is 28.6 Å². The fourth-order valence-electron chi connectivity index (χ4n) is 4.14. The lowest BCUT2D eigenvalue weighted by Crippen LogP contribution is -2.34. The van der Waals surface area contributed by atoms with Gasteiger partial charge in [-0.15, -0.1) is 0 Å². The van der Waals surface area contributed by atoms with E-state index in [0.29, 0.717) is 11.3 Å². The van der Waals surface area contributed by atoms with Crippen molar-refractivity contribution in [2.75, 3.05) is 18.9 Å². The number of aromatic amines is 1. The van der Waals surface area contributed by atoms with Crippen molar-refractivity contribution in [3.05, 3.63) is 79.7 Å². The molecule has 0 bridgehead atoms. The molecule has 1 aliphatic heterocycles. The molecule has 0 radical (unpaired) electrons. The molecule has 2 aromatic carbocycles. The first-order valence-corrected chi connectivity index (χ1v) is 11.2. The number of aryl methyl sites for hydroxylation is 1. The molecular formula is C23H21Cl2N7O. The minimum absolute atomic E-state index is 0.108. The Kier molecular flexibility index (Phi) is 5.65. The molecule has 168 valence electrons. The van der Waals surface area contributed by atoms with Gasteiger partial charge in [-0.1, -0.05) is 35.3 Å². The summed E-state index contributed by atoms with van der Waals surface area (Å²) in [5.41, 5.74) is 3.31. The SMILES string of the molecule is CN1CCCc2ccc(Nc3ncc4c(=N)n(-c5c(Cl)cccc5Cl)c(=O)[nH]c4n3)cc2C1. The largest absolute Gasteiger partial charge is 0.333 e. The molecule has 3 heterocycles. The summed E-state index contributed by atoms with van der Waals surface area (Å²) in [7, 11) is 2.12. The number of H-pyrrole nitrogens is 1. The van der Waals surface area contributed by atoms with Gasteiger partial charge in [0.1, 0.15) is 5.49 Å². The number of nitrogens with one attached hydrogen (secondary N) is 3. The van der Waals surface area contributed by atoms with Gasteiger partial charge in [-0.3, -0.25) is 10.4 Å². The summed E-state index contributed by atoms with van der Waals surface area (Å²) < 4.78 is 1.12. The number of benzene rings is 2. The number of nitrogens with zero attached hydrogens (tertiary/aromatic N) is 4. The van der Waals surface area contributed by atoms with Crippen LogP contribution in [0.1, 0.15) is 17.5 Å². The van der Waals surface area contributed by atoms with Gasteiger partial charge in [0.05, 0.1) is 21.1 Å². The standard InChI is InChI=1S/C23H21Cl2N7O/c1-31-9-3-4-13-7-8-15(10-14(13)12-31)28-22-27-11-16-20(26)32(23(33)30-21(16)29-22)19-17(24)5-2-6-18(19)25/h2,5-8,10-11,26H,3-4,9,12H2,1H3,(H2,27,28,29,30,33). The van der Waals surface area contributed by atoms with Crippen molar-refractivity contribution in [1.82, 2.24) is 24.4 Å². The normalized spacial score (nSPS) is 14.2. The number of para-hydroxylation sites is 1. The molecule has 0 aliphatic carbocycles. The Morgan fingerprint density at radius 1 is 1.15 bits per heavy atom. The summed E-state index contributed by atoms with van der Waals surface area (Å²) in [6.45, 7) is 1.97. The summed E-state index contributed by atoms with van der Waals surface area (Å²) in [6, 6.07) is 11.2. The molecule has 0 spiro atoms. The number of aromatic nitrogens is 4. The quantitative estimate of drug-likeness (QED) is 0.410. The molecule has 8 nitrogen and oxygen atoms in total. The van der Waals surface area contributed by atoms with Crippen molar-refractivity contribution in [3.63, 3.8) is 0 Å². The van der Waals surface area contributed by atoms with Crippen molar-refractivity contribution in [2.45, 2.75) is 19.4 Å². The predicted octanol–water partition coefficient (Wildman–Crippen LogP) is 4.02. The highest BCUT2D eigenvalue weighted by Gasteiger charge is 2.16. The molecule has 0 saturated carbocycles. The summed E-state index contributed by atoms with van der Waals surface area (Å²) in [5, 5.41) is 12.7. The van der Waals surface area contributed by atoms with Gasteiger partial charge in [-0.05, 0) is 61.8 Å². The molecule has 0 saturated heterocycles. The van der Waals surface area contributed by atoms with E-state index in [9.17, 15) is 4.79 Å². The second kappa shape index (κ2) is 8.62. The Bertz CT molecular complexity index is 1470. The predicted molar refractivity (Wildman–Crippen MR) is 130 cm³/mol. The smallest absolute Gasteiger partial charge is 0.324 e. The van der Waals surface area contributed by atoms with E-state index in [1.54, 1.807) is 18.2 Å². The maximum absolute atomic E-state index is 12.8. The number of anilines is 2. The molecule has 2 aromatic heterocycles. The Labute approximate surface area is 199 Å². The number of hydrogen-bond donors (Lipinski definition) is 3. The number of fused-ring (bicyclic) bond motifs is 2. The van der Waals surface area contributed by atoms with E-state index in [1.807, 2.05) is 6.07 Å². The highest BCUT2D eigenvalue weighted by Crippen LogP contribution is 2.27. The molecule has 4 aromatic rings. The van der Waals surface area contributed by atoms with Crippen LogP contribution in [0, 0.1) is 5.41 Å². The van der Waals surface area contributed by atoms with Crippen LogP contribution in [0.5, 0.6) is 0 Å². The van der Waals surface area contributed by atoms with E-state index in [0.717, 1.165) is 36.2 Å². The Morgan fingerprint density at radius 3 is 2.73 bits per heavy atom. The summed E-state index contributed by atoms with van der Waals surface area (Å²) >= 11 is 12.5. The van der Waals surface area contributed by atoms with Gasteiger partial charge in [-0.2, -0.15) is 4.98 Å². The van der Waals surface area contributed by atoms with Gasteiger partial charge in [0.2, 0.25) is 5.95 Å². The summed E-state index contributed by atoms with van der Waals surface area (Å²) in [4.78, 5) is 26.7. The van der Waals surface area contributed by atoms with Crippen LogP contribution in [-0.4, -0.2) is 38.0 Å². The van der Waals surface area contributed by atoms with Crippen LogP contribution in [0.3, 0.4) is 0 Å². The highest BCUT2D eigenvalue weighted by molar-refractivity contribution is 6.37. The van der Waals surface area contributed by atoms with Crippen molar-refractivity contribution in [3.8, 4) is 5.69 Å². The second-order valence-electron chi connectivity index (χ2n) is 8.09. The first kappa shape index (κ1) is 21.6. The molecule has 3 N–H and O–H groups in total. The highest BCUT2D eigenvalue weighted by atomic mass is 35.5. The molecule has 33 heavy (non-hydrogen) atoms. The molecule has 5 rings (SSSR count). The number of hydrogen-bond acceptors (Lipinski definition) is 6. The monoisotopic (exact) mass is 481 g/mol. The maximum atomic E-state index is 12.8. The molecule has 0 fully saturated rings. The first-order valence-electron chi connectivity index (χ1n) is 10.5. The van der Waals surface area contributed by atoms with Crippen LogP contribution in [-0.2, 0) is 13.0 Å². The van der Waals surface area contributed by atoms with E-state index in [1.165, 1.54) is 17.3 Å². The third kappa shape index (κ3) is 4.13. The van der Waals surface area contributed by atoms with Gasteiger partial charge in [0.15, 0.2) is 5.65 Å². The van der Waals surface area contributed by atoms with Crippen molar-refractivity contribution in [1.29, 1.82) is 5.41 Å². The van der Waals surface area contributed by atoms with Crippen molar-refractivity contribution < 1.29 is 0 Å². The fourth-order valence-corrected chi connectivity index (χ4v) is 4.71. The minimum atomic E-state index is -0.569. The molecule has 0 unspecified atom stereocenters. The summed E-state index contributed by atoms with van der Waals surface area (Å²) in [5.74, 6) is 0.327. The van der Waals surface area contributed by atoms with Gasteiger partial charge < -0.3 is 10.2 Å². The topological polar surface area (TPSA) is 103 Å². The van der Waals surface area contributed by atoms with Gasteiger partial charge in [-0.25, -0.2) is 14.3 Å². The van der Waals surface area contributed by atoms with Crippen LogP contribution in [0.4, 0.5) is 11.6 Å². The first-order chi connectivity index (χ1) is 15.9. The molecular weight excluding hydrogens is 461 g/mol. The zero-order chi connectivity index (χ0) is 23.1. The number of rotatable bonds is 3. The molecule has 1 aliphatic rings. The average Bonchev–Trinajstić information content (AvgIpc) is 2.95. The van der Waals surface area contributed by atoms with Gasteiger partial charge in [0, 0.05) is 18.4 Å². The number of halogens is 2. The van der Waals surface area contributed by atoms with E-state index >= 15 is 0 Å². The van der Waals surface area contributed by atoms with Crippen LogP contribution >= 0.6 is 23.2 Å². The lowest BCUT2D eigenvalue weighted by Gasteiger charge is -2.15. The molecule has 0 atom stereocenters.